The lowest BCUT2D eigenvalue weighted by molar-refractivity contribution is -0.137. The molecule has 1 aliphatic carbocycles. The summed E-state index contributed by atoms with van der Waals surface area (Å²) in [6, 6.07) is 9.99. The maximum atomic E-state index is 15.2. The number of halogens is 4. The van der Waals surface area contributed by atoms with Crippen LogP contribution in [-0.2, 0) is 14.4 Å². The number of nitrogens with one attached hydrogen (secondary N) is 1. The van der Waals surface area contributed by atoms with Crippen molar-refractivity contribution in [3.05, 3.63) is 113 Å². The average molecular weight is 703 g/mol. The number of carboxylic acids is 1. The minimum atomic E-state index is -3.00. The second-order valence-electron chi connectivity index (χ2n) is 11.3. The SMILES string of the molecule is [C-]#[N+]c1ccnc(N(c2cc(C#N)ccn2)[C@@H](CCC(=O)O)C(=O)N(c2cncc(F)c2)[C@H](C(=O)NC2CC(F)(F)C2)c2ccccc2Cl)c1. The highest BCUT2D eigenvalue weighted by molar-refractivity contribution is 6.31. The second kappa shape index (κ2) is 15.0. The van der Waals surface area contributed by atoms with E-state index in [1.54, 1.807) is 6.07 Å². The molecular weight excluding hydrogens is 677 g/mol. The summed E-state index contributed by atoms with van der Waals surface area (Å²) in [5.41, 5.74) is -0.00669. The van der Waals surface area contributed by atoms with E-state index in [1.807, 2.05) is 6.07 Å². The Bertz CT molecular complexity index is 1960. The Kier molecular flexibility index (Phi) is 10.6. The van der Waals surface area contributed by atoms with Gasteiger partial charge >= 0.3 is 5.97 Å². The molecule has 2 atom stereocenters. The van der Waals surface area contributed by atoms with Gasteiger partial charge in [-0.3, -0.25) is 29.2 Å². The zero-order valence-corrected chi connectivity index (χ0v) is 26.6. The minimum absolute atomic E-state index is 0.00232. The second-order valence-corrected chi connectivity index (χ2v) is 11.7. The van der Waals surface area contributed by atoms with Crippen molar-refractivity contribution >= 4 is 52.4 Å². The highest BCUT2D eigenvalue weighted by atomic mass is 35.5. The van der Waals surface area contributed by atoms with Gasteiger partial charge in [0.25, 0.3) is 11.8 Å². The number of nitrogens with zero attached hydrogens (tertiary/aromatic N) is 7. The van der Waals surface area contributed by atoms with E-state index in [1.165, 1.54) is 59.8 Å². The normalized spacial score (nSPS) is 14.6. The van der Waals surface area contributed by atoms with Gasteiger partial charge in [0.15, 0.2) is 5.69 Å². The predicted molar refractivity (Wildman–Crippen MR) is 174 cm³/mol. The molecule has 0 saturated heterocycles. The summed E-state index contributed by atoms with van der Waals surface area (Å²) in [4.78, 5) is 59.3. The number of pyridine rings is 3. The van der Waals surface area contributed by atoms with Crippen molar-refractivity contribution in [2.45, 2.75) is 49.7 Å². The Morgan fingerprint density at radius 2 is 1.80 bits per heavy atom. The number of amides is 2. The van der Waals surface area contributed by atoms with Crippen LogP contribution in [0.1, 0.15) is 42.9 Å². The summed E-state index contributed by atoms with van der Waals surface area (Å²) in [7, 11) is 0. The first-order chi connectivity index (χ1) is 23.9. The van der Waals surface area contributed by atoms with Crippen molar-refractivity contribution in [3.63, 3.8) is 0 Å². The van der Waals surface area contributed by atoms with Crippen molar-refractivity contribution in [2.75, 3.05) is 9.80 Å². The van der Waals surface area contributed by atoms with Gasteiger partial charge in [-0.2, -0.15) is 5.26 Å². The molecule has 16 heteroatoms. The fourth-order valence-corrected chi connectivity index (χ4v) is 5.76. The van der Waals surface area contributed by atoms with E-state index >= 15 is 4.79 Å². The first kappa shape index (κ1) is 35.3. The molecule has 2 amide bonds. The molecule has 1 saturated carbocycles. The van der Waals surface area contributed by atoms with Crippen LogP contribution in [-0.4, -0.2) is 55.8 Å². The molecule has 0 spiro atoms. The number of alkyl halides is 2. The Labute approximate surface area is 288 Å². The molecule has 1 aliphatic rings. The van der Waals surface area contributed by atoms with Crippen LogP contribution in [0.2, 0.25) is 5.02 Å². The first-order valence-electron chi connectivity index (χ1n) is 15.0. The van der Waals surface area contributed by atoms with E-state index in [9.17, 15) is 33.1 Å². The summed E-state index contributed by atoms with van der Waals surface area (Å²) >= 11 is 6.57. The van der Waals surface area contributed by atoms with Gasteiger partial charge in [0.2, 0.25) is 5.91 Å². The van der Waals surface area contributed by atoms with Crippen molar-refractivity contribution in [3.8, 4) is 6.07 Å². The van der Waals surface area contributed by atoms with Crippen LogP contribution in [0.4, 0.5) is 36.2 Å². The fourth-order valence-electron chi connectivity index (χ4n) is 5.52. The third kappa shape index (κ3) is 7.97. The predicted octanol–water partition coefficient (Wildman–Crippen LogP) is 6.15. The molecule has 254 valence electrons. The van der Waals surface area contributed by atoms with E-state index in [4.69, 9.17) is 18.2 Å². The van der Waals surface area contributed by atoms with E-state index in [-0.39, 0.29) is 39.2 Å². The number of hydrogen-bond donors (Lipinski definition) is 2. The number of nitriles is 1. The van der Waals surface area contributed by atoms with Crippen LogP contribution >= 0.6 is 11.6 Å². The molecule has 0 radical (unpaired) electrons. The van der Waals surface area contributed by atoms with Gasteiger partial charge in [-0.1, -0.05) is 29.8 Å². The lowest BCUT2D eigenvalue weighted by atomic mass is 9.87. The quantitative estimate of drug-likeness (QED) is 0.165. The molecule has 0 aliphatic heterocycles. The number of aromatic nitrogens is 3. The number of anilines is 3. The third-order valence-corrected chi connectivity index (χ3v) is 8.15. The molecule has 3 aromatic heterocycles. The first-order valence-corrected chi connectivity index (χ1v) is 15.4. The zero-order valence-electron chi connectivity index (χ0n) is 25.9. The van der Waals surface area contributed by atoms with E-state index in [0.717, 1.165) is 23.4 Å². The maximum absolute atomic E-state index is 15.2. The zero-order chi connectivity index (χ0) is 36.0. The van der Waals surface area contributed by atoms with Gasteiger partial charge in [0, 0.05) is 54.4 Å². The summed E-state index contributed by atoms with van der Waals surface area (Å²) in [6.45, 7) is 7.52. The number of carbonyl (C=O) groups excluding carboxylic acids is 2. The molecule has 4 aromatic rings. The van der Waals surface area contributed by atoms with Gasteiger partial charge in [0.1, 0.15) is 29.5 Å². The molecular formula is C34H26ClF3N8O4. The number of rotatable bonds is 12. The number of aliphatic carboxylic acids is 1. The number of benzene rings is 1. The van der Waals surface area contributed by atoms with Gasteiger partial charge < -0.3 is 10.4 Å². The monoisotopic (exact) mass is 702 g/mol. The maximum Gasteiger partial charge on any atom is 0.303 e. The van der Waals surface area contributed by atoms with E-state index in [2.05, 4.69) is 25.1 Å². The van der Waals surface area contributed by atoms with Crippen molar-refractivity contribution in [1.29, 1.82) is 5.26 Å². The molecule has 0 bridgehead atoms. The van der Waals surface area contributed by atoms with Gasteiger partial charge in [-0.15, -0.1) is 0 Å². The standard InChI is InChI=1S/C34H26ClF3N8O4/c1-40-22-9-11-43-29(14-22)46(28-12-20(17-39)8-10-42-28)27(6-7-30(47)48)33(50)45(24-13-21(36)18-41-19-24)31(25-4-2-3-5-26(25)35)32(49)44-23-15-34(37,38)16-23/h2-5,8-14,18-19,23,27,31H,6-7,15-16H2,(H,44,49)(H,47,48)/t27-,31-/m0/s1. The highest BCUT2D eigenvalue weighted by Gasteiger charge is 2.48. The summed E-state index contributed by atoms with van der Waals surface area (Å²) in [6.07, 6.45) is 2.15. The molecule has 0 unspecified atom stereocenters. The Morgan fingerprint density at radius 1 is 1.10 bits per heavy atom. The molecule has 5 rings (SSSR count). The molecule has 1 aromatic carbocycles. The lowest BCUT2D eigenvalue weighted by Gasteiger charge is -2.40. The Morgan fingerprint density at radius 3 is 2.44 bits per heavy atom. The third-order valence-electron chi connectivity index (χ3n) is 7.80. The fraction of sp³-hybridized carbons (Fsp3) is 0.235. The Hall–Kier alpha value is -6.06. The van der Waals surface area contributed by atoms with Crippen molar-refractivity contribution in [1.82, 2.24) is 20.3 Å². The number of carbonyl (C=O) groups is 3. The summed E-state index contributed by atoms with van der Waals surface area (Å²) in [5, 5.41) is 21.9. The van der Waals surface area contributed by atoms with Crippen LogP contribution in [0.5, 0.6) is 0 Å². The average Bonchev–Trinajstić information content (AvgIpc) is 3.08. The molecule has 3 heterocycles. The number of hydrogen-bond acceptors (Lipinski definition) is 8. The van der Waals surface area contributed by atoms with Crippen LogP contribution in [0.3, 0.4) is 0 Å². The minimum Gasteiger partial charge on any atom is -0.481 e. The largest absolute Gasteiger partial charge is 0.481 e. The molecule has 1 fully saturated rings. The number of carboxylic acid groups (broad SMARTS) is 1. The van der Waals surface area contributed by atoms with Crippen LogP contribution in [0.25, 0.3) is 4.85 Å². The van der Waals surface area contributed by atoms with Crippen molar-refractivity contribution < 1.29 is 32.7 Å². The highest BCUT2D eigenvalue weighted by Crippen LogP contribution is 2.40. The topological polar surface area (TPSA) is 157 Å². The van der Waals surface area contributed by atoms with Crippen LogP contribution in [0.15, 0.2) is 79.4 Å². The van der Waals surface area contributed by atoms with E-state index < -0.39 is 73.3 Å². The smallest absolute Gasteiger partial charge is 0.303 e. The van der Waals surface area contributed by atoms with Gasteiger partial charge in [0.05, 0.1) is 36.3 Å². The van der Waals surface area contributed by atoms with Crippen LogP contribution < -0.4 is 15.1 Å². The van der Waals surface area contributed by atoms with Gasteiger partial charge in [-0.05, 0) is 36.8 Å². The summed E-state index contributed by atoms with van der Waals surface area (Å²) < 4.78 is 42.4. The van der Waals surface area contributed by atoms with Gasteiger partial charge in [-0.25, -0.2) is 28.0 Å². The summed E-state index contributed by atoms with van der Waals surface area (Å²) in [5.74, 6) is -7.22. The van der Waals surface area contributed by atoms with Crippen molar-refractivity contribution in [2.24, 2.45) is 0 Å². The molecule has 50 heavy (non-hydrogen) atoms. The molecule has 12 nitrogen and oxygen atoms in total. The van der Waals surface area contributed by atoms with E-state index in [0.29, 0.717) is 0 Å². The lowest BCUT2D eigenvalue weighted by Crippen LogP contribution is -2.56. The Balaban J connectivity index is 1.74. The molecule has 2 N–H and O–H groups in total. The van der Waals surface area contributed by atoms with Crippen LogP contribution in [0, 0.1) is 23.7 Å².